The first kappa shape index (κ1) is 15.7. The monoisotopic (exact) mass is 316 g/mol. The van der Waals surface area contributed by atoms with Crippen LogP contribution in [0.15, 0.2) is 40.9 Å². The number of aliphatic hydroxyl groups excluding tert-OH is 1. The van der Waals surface area contributed by atoms with Gasteiger partial charge in [0.25, 0.3) is 5.91 Å². The van der Waals surface area contributed by atoms with Crippen molar-refractivity contribution < 1.29 is 19.2 Å². The number of benzene rings is 1. The van der Waals surface area contributed by atoms with Gasteiger partial charge in [-0.15, -0.1) is 0 Å². The number of hydrogen-bond acceptors (Lipinski definition) is 5. The molecular weight excluding hydrogens is 296 g/mol. The second kappa shape index (κ2) is 7.39. The number of aliphatic hydroxyl groups is 1. The smallest absolute Gasteiger partial charge is 0.273 e. The van der Waals surface area contributed by atoms with Crippen LogP contribution in [0.1, 0.15) is 23.3 Å². The highest BCUT2D eigenvalue weighted by Gasteiger charge is 2.21. The van der Waals surface area contributed by atoms with Crippen LogP contribution in [0.2, 0.25) is 0 Å². The number of carbonyl (C=O) groups is 1. The summed E-state index contributed by atoms with van der Waals surface area (Å²) in [4.78, 5) is 12.0. The van der Waals surface area contributed by atoms with Crippen molar-refractivity contribution in [3.63, 3.8) is 0 Å². The number of carbonyl (C=O) groups excluding carboxylic acids is 1. The number of ether oxygens (including phenoxy) is 1. The molecule has 0 saturated heterocycles. The molecule has 6 heteroatoms. The lowest BCUT2D eigenvalue weighted by Gasteiger charge is -2.11. The first-order valence-corrected chi connectivity index (χ1v) is 7.78. The van der Waals surface area contributed by atoms with Crippen LogP contribution in [-0.4, -0.2) is 42.0 Å². The maximum Gasteiger partial charge on any atom is 0.273 e. The molecule has 0 radical (unpaired) electrons. The van der Waals surface area contributed by atoms with Gasteiger partial charge in [-0.3, -0.25) is 4.79 Å². The first-order valence-electron chi connectivity index (χ1n) is 7.78. The van der Waals surface area contributed by atoms with E-state index in [-0.39, 0.29) is 24.8 Å². The Balaban J connectivity index is 1.45. The second-order valence-corrected chi connectivity index (χ2v) is 5.79. The average Bonchev–Trinajstić information content (AvgIpc) is 3.26. The lowest BCUT2D eigenvalue weighted by atomic mass is 10.1. The summed E-state index contributed by atoms with van der Waals surface area (Å²) in [6, 6.07) is 11.0. The van der Waals surface area contributed by atoms with E-state index in [2.05, 4.69) is 10.5 Å². The van der Waals surface area contributed by atoms with Crippen molar-refractivity contribution in [3.05, 3.63) is 42.1 Å². The molecule has 3 rings (SSSR count). The van der Waals surface area contributed by atoms with Crippen LogP contribution in [0.4, 0.5) is 0 Å². The van der Waals surface area contributed by atoms with E-state index in [1.807, 2.05) is 30.3 Å². The summed E-state index contributed by atoms with van der Waals surface area (Å²) in [6.45, 7) is 1.04. The third kappa shape index (κ3) is 4.64. The van der Waals surface area contributed by atoms with Gasteiger partial charge in [0, 0.05) is 24.8 Å². The second-order valence-electron chi connectivity index (χ2n) is 5.79. The Morgan fingerprint density at radius 3 is 2.91 bits per heavy atom. The zero-order chi connectivity index (χ0) is 16.1. The molecule has 23 heavy (non-hydrogen) atoms. The van der Waals surface area contributed by atoms with Crippen LogP contribution in [0.3, 0.4) is 0 Å². The van der Waals surface area contributed by atoms with Crippen LogP contribution < -0.4 is 5.32 Å². The summed E-state index contributed by atoms with van der Waals surface area (Å²) in [5, 5.41) is 16.2. The van der Waals surface area contributed by atoms with Gasteiger partial charge in [0.15, 0.2) is 11.5 Å². The summed E-state index contributed by atoms with van der Waals surface area (Å²) in [5.74, 6) is 0.810. The summed E-state index contributed by atoms with van der Waals surface area (Å²) < 4.78 is 10.6. The Kier molecular flexibility index (Phi) is 5.05. The zero-order valence-electron chi connectivity index (χ0n) is 12.8. The predicted molar refractivity (Wildman–Crippen MR) is 83.8 cm³/mol. The molecular formula is C17H20N2O4. The summed E-state index contributed by atoms with van der Waals surface area (Å²) in [6.07, 6.45) is 1.70. The maximum atomic E-state index is 12.0. The molecule has 122 valence electrons. The number of nitrogens with one attached hydrogen (secondary N) is 1. The normalized spacial score (nSPS) is 15.3. The Labute approximate surface area is 134 Å². The molecule has 1 fully saturated rings. The number of hydrogen-bond donors (Lipinski definition) is 2. The minimum absolute atomic E-state index is 0.122. The minimum Gasteiger partial charge on any atom is -0.389 e. The van der Waals surface area contributed by atoms with Crippen LogP contribution in [0, 0.1) is 5.92 Å². The zero-order valence-corrected chi connectivity index (χ0v) is 12.8. The van der Waals surface area contributed by atoms with E-state index in [0.29, 0.717) is 18.3 Å². The average molecular weight is 316 g/mol. The number of aromatic nitrogens is 1. The highest BCUT2D eigenvalue weighted by molar-refractivity contribution is 5.93. The van der Waals surface area contributed by atoms with Crippen LogP contribution in [0.5, 0.6) is 0 Å². The molecule has 1 aliphatic carbocycles. The Morgan fingerprint density at radius 1 is 1.39 bits per heavy atom. The molecule has 1 saturated carbocycles. The quantitative estimate of drug-likeness (QED) is 0.776. The topological polar surface area (TPSA) is 84.6 Å². The van der Waals surface area contributed by atoms with E-state index in [4.69, 9.17) is 9.26 Å². The molecule has 1 atom stereocenters. The standard InChI is InChI=1S/C17H20N2O4/c20-14(11-22-10-12-6-7-12)9-18-17(21)15-8-16(23-19-15)13-4-2-1-3-5-13/h1-5,8,12,14,20H,6-7,9-11H2,(H,18,21). The molecule has 1 aliphatic rings. The van der Waals surface area contributed by atoms with Gasteiger partial charge in [-0.05, 0) is 18.8 Å². The van der Waals surface area contributed by atoms with E-state index >= 15 is 0 Å². The molecule has 0 aliphatic heterocycles. The summed E-state index contributed by atoms with van der Waals surface area (Å²) >= 11 is 0. The van der Waals surface area contributed by atoms with Gasteiger partial charge in [-0.1, -0.05) is 35.5 Å². The molecule has 1 amide bonds. The highest BCUT2D eigenvalue weighted by Crippen LogP contribution is 2.28. The lowest BCUT2D eigenvalue weighted by molar-refractivity contribution is 0.0320. The van der Waals surface area contributed by atoms with Crippen molar-refractivity contribution >= 4 is 5.91 Å². The van der Waals surface area contributed by atoms with Gasteiger partial charge in [0.1, 0.15) is 0 Å². The van der Waals surface area contributed by atoms with E-state index < -0.39 is 6.10 Å². The fraction of sp³-hybridized carbons (Fsp3) is 0.412. The molecule has 6 nitrogen and oxygen atoms in total. The third-order valence-corrected chi connectivity index (χ3v) is 3.66. The maximum absolute atomic E-state index is 12.0. The van der Waals surface area contributed by atoms with Gasteiger partial charge >= 0.3 is 0 Å². The van der Waals surface area contributed by atoms with Crippen molar-refractivity contribution in [1.29, 1.82) is 0 Å². The molecule has 1 heterocycles. The Bertz CT molecular complexity index is 637. The first-order chi connectivity index (χ1) is 11.2. The molecule has 2 aromatic rings. The van der Waals surface area contributed by atoms with E-state index in [1.165, 1.54) is 12.8 Å². The highest BCUT2D eigenvalue weighted by atomic mass is 16.5. The van der Waals surface area contributed by atoms with E-state index in [9.17, 15) is 9.90 Å². The van der Waals surface area contributed by atoms with Crippen molar-refractivity contribution in [2.75, 3.05) is 19.8 Å². The minimum atomic E-state index is -0.724. The van der Waals surface area contributed by atoms with Crippen molar-refractivity contribution in [2.45, 2.75) is 18.9 Å². The van der Waals surface area contributed by atoms with Crippen molar-refractivity contribution in [1.82, 2.24) is 10.5 Å². The van der Waals surface area contributed by atoms with Crippen LogP contribution in [0.25, 0.3) is 11.3 Å². The number of rotatable bonds is 8. The Morgan fingerprint density at radius 2 is 2.17 bits per heavy atom. The molecule has 1 aromatic carbocycles. The van der Waals surface area contributed by atoms with Gasteiger partial charge in [-0.2, -0.15) is 0 Å². The van der Waals surface area contributed by atoms with Crippen molar-refractivity contribution in [2.24, 2.45) is 5.92 Å². The van der Waals surface area contributed by atoms with Gasteiger partial charge in [-0.25, -0.2) is 0 Å². The number of amides is 1. The summed E-state index contributed by atoms with van der Waals surface area (Å²) in [5.41, 5.74) is 1.04. The van der Waals surface area contributed by atoms with Gasteiger partial charge in [0.05, 0.1) is 12.7 Å². The Hall–Kier alpha value is -2.18. The SMILES string of the molecule is O=C(NCC(O)COCC1CC1)c1cc(-c2ccccc2)on1. The molecule has 1 aromatic heterocycles. The molecule has 0 bridgehead atoms. The molecule has 2 N–H and O–H groups in total. The summed E-state index contributed by atoms with van der Waals surface area (Å²) in [7, 11) is 0. The van der Waals surface area contributed by atoms with Gasteiger partial charge < -0.3 is 19.7 Å². The fourth-order valence-electron chi connectivity index (χ4n) is 2.14. The molecule has 0 spiro atoms. The lowest BCUT2D eigenvalue weighted by Crippen LogP contribution is -2.34. The van der Waals surface area contributed by atoms with Crippen molar-refractivity contribution in [3.8, 4) is 11.3 Å². The van der Waals surface area contributed by atoms with Crippen LogP contribution >= 0.6 is 0 Å². The van der Waals surface area contributed by atoms with Gasteiger partial charge in [0.2, 0.25) is 0 Å². The molecule has 1 unspecified atom stereocenters. The van der Waals surface area contributed by atoms with E-state index in [1.54, 1.807) is 6.07 Å². The van der Waals surface area contributed by atoms with E-state index in [0.717, 1.165) is 5.56 Å². The fourth-order valence-corrected chi connectivity index (χ4v) is 2.14. The predicted octanol–water partition coefficient (Wildman–Crippen LogP) is 1.86. The largest absolute Gasteiger partial charge is 0.389 e. The number of nitrogens with zero attached hydrogens (tertiary/aromatic N) is 1. The third-order valence-electron chi connectivity index (χ3n) is 3.66. The van der Waals surface area contributed by atoms with Crippen LogP contribution in [-0.2, 0) is 4.74 Å².